The summed E-state index contributed by atoms with van der Waals surface area (Å²) in [4.78, 5) is 14.3. The molecule has 0 aliphatic carbocycles. The molecule has 3 rings (SSSR count). The van der Waals surface area contributed by atoms with E-state index in [1.54, 1.807) is 18.2 Å². The van der Waals surface area contributed by atoms with Crippen LogP contribution in [0.25, 0.3) is 0 Å². The van der Waals surface area contributed by atoms with Gasteiger partial charge >= 0.3 is 0 Å². The van der Waals surface area contributed by atoms with Gasteiger partial charge in [-0.2, -0.15) is 0 Å². The van der Waals surface area contributed by atoms with Crippen molar-refractivity contribution in [2.24, 2.45) is 0 Å². The Hall–Kier alpha value is -2.69. The van der Waals surface area contributed by atoms with E-state index in [1.807, 2.05) is 43.3 Å². The highest BCUT2D eigenvalue weighted by atomic mass is 16.7. The topological polar surface area (TPSA) is 50.8 Å². The van der Waals surface area contributed by atoms with Gasteiger partial charge in [-0.3, -0.25) is 4.79 Å². The van der Waals surface area contributed by atoms with E-state index in [9.17, 15) is 4.79 Å². The molecule has 108 valence electrons. The lowest BCUT2D eigenvalue weighted by molar-refractivity contribution is 0.102. The van der Waals surface area contributed by atoms with Crippen LogP contribution in [0.15, 0.2) is 42.5 Å². The summed E-state index contributed by atoms with van der Waals surface area (Å²) in [6, 6.07) is 12.8. The van der Waals surface area contributed by atoms with Gasteiger partial charge in [0.25, 0.3) is 5.91 Å². The average molecular weight is 284 g/mol. The Balaban J connectivity index is 1.79. The van der Waals surface area contributed by atoms with Crippen molar-refractivity contribution in [3.8, 4) is 11.5 Å². The van der Waals surface area contributed by atoms with E-state index in [2.05, 4.69) is 5.32 Å². The normalized spacial score (nSPS) is 12.1. The fourth-order valence-corrected chi connectivity index (χ4v) is 2.13. The van der Waals surface area contributed by atoms with Crippen LogP contribution in [0.1, 0.15) is 10.4 Å². The molecule has 0 spiro atoms. The summed E-state index contributed by atoms with van der Waals surface area (Å²) >= 11 is 0. The SMILES string of the molecule is CN(C)c1ccc(C(=O)Nc2cccc3c2OCO3)cc1. The average Bonchev–Trinajstić information content (AvgIpc) is 2.97. The lowest BCUT2D eigenvalue weighted by atomic mass is 10.1. The molecule has 1 N–H and O–H groups in total. The molecule has 5 nitrogen and oxygen atoms in total. The Labute approximate surface area is 123 Å². The van der Waals surface area contributed by atoms with Gasteiger partial charge in [0, 0.05) is 25.3 Å². The molecule has 1 heterocycles. The zero-order valence-corrected chi connectivity index (χ0v) is 11.9. The number of nitrogens with one attached hydrogen (secondary N) is 1. The van der Waals surface area contributed by atoms with Gasteiger partial charge < -0.3 is 19.7 Å². The van der Waals surface area contributed by atoms with Gasteiger partial charge in [-0.1, -0.05) is 6.07 Å². The molecule has 0 aromatic heterocycles. The third kappa shape index (κ3) is 2.63. The van der Waals surface area contributed by atoms with Crippen LogP contribution in [0.5, 0.6) is 11.5 Å². The van der Waals surface area contributed by atoms with Gasteiger partial charge in [0.05, 0.1) is 5.69 Å². The fourth-order valence-electron chi connectivity index (χ4n) is 2.13. The molecule has 21 heavy (non-hydrogen) atoms. The zero-order valence-electron chi connectivity index (χ0n) is 11.9. The second-order valence-corrected chi connectivity index (χ2v) is 4.93. The summed E-state index contributed by atoms with van der Waals surface area (Å²) in [6.07, 6.45) is 0. The van der Waals surface area contributed by atoms with E-state index in [0.29, 0.717) is 22.7 Å². The van der Waals surface area contributed by atoms with E-state index in [-0.39, 0.29) is 12.7 Å². The smallest absolute Gasteiger partial charge is 0.255 e. The number of benzene rings is 2. The van der Waals surface area contributed by atoms with Crippen molar-refractivity contribution in [2.75, 3.05) is 31.1 Å². The number of para-hydroxylation sites is 1. The van der Waals surface area contributed by atoms with Crippen molar-refractivity contribution in [2.45, 2.75) is 0 Å². The quantitative estimate of drug-likeness (QED) is 0.941. The monoisotopic (exact) mass is 284 g/mol. The number of carbonyl (C=O) groups is 1. The minimum atomic E-state index is -0.177. The Morgan fingerprint density at radius 2 is 1.86 bits per heavy atom. The van der Waals surface area contributed by atoms with E-state index in [0.717, 1.165) is 5.69 Å². The second kappa shape index (κ2) is 5.36. The lowest BCUT2D eigenvalue weighted by Crippen LogP contribution is -2.13. The van der Waals surface area contributed by atoms with E-state index < -0.39 is 0 Å². The molecule has 0 unspecified atom stereocenters. The molecule has 2 aromatic rings. The maximum absolute atomic E-state index is 12.3. The van der Waals surface area contributed by atoms with Crippen LogP contribution in [0.3, 0.4) is 0 Å². The van der Waals surface area contributed by atoms with Crippen molar-refractivity contribution in [1.29, 1.82) is 0 Å². The molecule has 5 heteroatoms. The first-order valence-corrected chi connectivity index (χ1v) is 6.62. The molecule has 0 saturated carbocycles. The molecule has 0 fully saturated rings. The number of amides is 1. The number of nitrogens with zero attached hydrogens (tertiary/aromatic N) is 1. The largest absolute Gasteiger partial charge is 0.454 e. The van der Waals surface area contributed by atoms with Crippen molar-refractivity contribution in [3.63, 3.8) is 0 Å². The molecule has 0 radical (unpaired) electrons. The van der Waals surface area contributed by atoms with Crippen LogP contribution in [0, 0.1) is 0 Å². The fraction of sp³-hybridized carbons (Fsp3) is 0.188. The molecule has 0 atom stereocenters. The van der Waals surface area contributed by atoms with Gasteiger partial charge in [0.15, 0.2) is 11.5 Å². The first kappa shape index (κ1) is 13.3. The number of ether oxygens (including phenoxy) is 2. The summed E-state index contributed by atoms with van der Waals surface area (Å²) in [7, 11) is 3.92. The first-order valence-electron chi connectivity index (χ1n) is 6.62. The highest BCUT2D eigenvalue weighted by molar-refractivity contribution is 6.05. The predicted octanol–water partition coefficient (Wildman–Crippen LogP) is 2.73. The van der Waals surface area contributed by atoms with Gasteiger partial charge in [0.1, 0.15) is 0 Å². The summed E-state index contributed by atoms with van der Waals surface area (Å²) in [6.45, 7) is 0.180. The standard InChI is InChI=1S/C16H16N2O3/c1-18(2)12-8-6-11(7-9-12)16(19)17-13-4-3-5-14-15(13)21-10-20-14/h3-9H,10H2,1-2H3,(H,17,19). The third-order valence-corrected chi connectivity index (χ3v) is 3.29. The number of rotatable bonds is 3. The number of anilines is 2. The van der Waals surface area contributed by atoms with Crippen molar-refractivity contribution >= 4 is 17.3 Å². The highest BCUT2D eigenvalue weighted by Crippen LogP contribution is 2.38. The van der Waals surface area contributed by atoms with Gasteiger partial charge in [-0.05, 0) is 36.4 Å². The summed E-state index contributed by atoms with van der Waals surface area (Å²) < 4.78 is 10.7. The summed E-state index contributed by atoms with van der Waals surface area (Å²) in [5, 5.41) is 2.85. The minimum absolute atomic E-state index is 0.177. The minimum Gasteiger partial charge on any atom is -0.454 e. The molecule has 1 amide bonds. The number of carbonyl (C=O) groups excluding carboxylic acids is 1. The van der Waals surface area contributed by atoms with Crippen LogP contribution in [-0.4, -0.2) is 26.8 Å². The molecule has 1 aliphatic heterocycles. The number of hydrogen-bond acceptors (Lipinski definition) is 4. The summed E-state index contributed by atoms with van der Waals surface area (Å²) in [5.41, 5.74) is 2.26. The second-order valence-electron chi connectivity index (χ2n) is 4.93. The molecule has 0 bridgehead atoms. The Kier molecular flexibility index (Phi) is 3.39. The van der Waals surface area contributed by atoms with Crippen LogP contribution in [-0.2, 0) is 0 Å². The molecular weight excluding hydrogens is 268 g/mol. The maximum Gasteiger partial charge on any atom is 0.255 e. The lowest BCUT2D eigenvalue weighted by Gasteiger charge is -2.13. The summed E-state index contributed by atoms with van der Waals surface area (Å²) in [5.74, 6) is 1.05. The molecular formula is C16H16N2O3. The van der Waals surface area contributed by atoms with Gasteiger partial charge in [-0.15, -0.1) is 0 Å². The third-order valence-electron chi connectivity index (χ3n) is 3.29. The Morgan fingerprint density at radius 1 is 1.10 bits per heavy atom. The van der Waals surface area contributed by atoms with Crippen molar-refractivity contribution in [1.82, 2.24) is 0 Å². The highest BCUT2D eigenvalue weighted by Gasteiger charge is 2.19. The van der Waals surface area contributed by atoms with E-state index in [4.69, 9.17) is 9.47 Å². The van der Waals surface area contributed by atoms with Crippen LogP contribution in [0.4, 0.5) is 11.4 Å². The number of hydrogen-bond donors (Lipinski definition) is 1. The molecule has 2 aromatic carbocycles. The molecule has 1 aliphatic rings. The van der Waals surface area contributed by atoms with Gasteiger partial charge in [0.2, 0.25) is 6.79 Å². The van der Waals surface area contributed by atoms with E-state index in [1.165, 1.54) is 0 Å². The molecule has 0 saturated heterocycles. The first-order chi connectivity index (χ1) is 10.1. The van der Waals surface area contributed by atoms with Gasteiger partial charge in [-0.25, -0.2) is 0 Å². The maximum atomic E-state index is 12.3. The van der Waals surface area contributed by atoms with Crippen molar-refractivity contribution in [3.05, 3.63) is 48.0 Å². The van der Waals surface area contributed by atoms with Crippen LogP contribution >= 0.6 is 0 Å². The van der Waals surface area contributed by atoms with Crippen molar-refractivity contribution < 1.29 is 14.3 Å². The predicted molar refractivity (Wildman–Crippen MR) is 81.3 cm³/mol. The Bertz CT molecular complexity index is 666. The zero-order chi connectivity index (χ0) is 14.8. The van der Waals surface area contributed by atoms with Crippen LogP contribution < -0.4 is 19.7 Å². The number of fused-ring (bicyclic) bond motifs is 1. The van der Waals surface area contributed by atoms with E-state index >= 15 is 0 Å². The Morgan fingerprint density at radius 3 is 2.57 bits per heavy atom. The van der Waals surface area contributed by atoms with Crippen LogP contribution in [0.2, 0.25) is 0 Å².